The van der Waals surface area contributed by atoms with Gasteiger partial charge in [-0.2, -0.15) is 0 Å². The number of hydrogen-bond acceptors (Lipinski definition) is 3. The Balaban J connectivity index is 1.88. The van der Waals surface area contributed by atoms with Crippen LogP contribution < -0.4 is 11.1 Å². The summed E-state index contributed by atoms with van der Waals surface area (Å²) in [6, 6.07) is 24.1. The van der Waals surface area contributed by atoms with E-state index in [0.717, 1.165) is 14.9 Å². The van der Waals surface area contributed by atoms with Crippen molar-refractivity contribution in [2.45, 2.75) is 19.8 Å². The Bertz CT molecular complexity index is 1620. The molecular weight excluding hydrogens is 579 g/mol. The van der Waals surface area contributed by atoms with Crippen LogP contribution in [0.25, 0.3) is 11.4 Å². The number of nitrogens with zero attached hydrogens (tertiary/aromatic N) is 4. The zero-order valence-corrected chi connectivity index (χ0v) is 23.2. The van der Waals surface area contributed by atoms with Gasteiger partial charge >= 0.3 is 0 Å². The van der Waals surface area contributed by atoms with Crippen LogP contribution in [0.3, 0.4) is 0 Å². The van der Waals surface area contributed by atoms with Crippen LogP contribution in [0.5, 0.6) is 5.75 Å². The van der Waals surface area contributed by atoms with Crippen molar-refractivity contribution in [3.05, 3.63) is 131 Å². The fraction of sp³-hybridized carbons (Fsp3) is 0.172. The molecule has 0 amide bonds. The summed E-state index contributed by atoms with van der Waals surface area (Å²) in [5, 5.41) is 11.0. The van der Waals surface area contributed by atoms with Gasteiger partial charge in [-0.15, -0.1) is 0 Å². The van der Waals surface area contributed by atoms with Crippen molar-refractivity contribution in [2.24, 2.45) is 14.1 Å². The van der Waals surface area contributed by atoms with Crippen molar-refractivity contribution < 1.29 is 5.11 Å². The van der Waals surface area contributed by atoms with Gasteiger partial charge in [-0.1, -0.05) is 36.4 Å². The van der Waals surface area contributed by atoms with Gasteiger partial charge in [0.2, 0.25) is 0 Å². The summed E-state index contributed by atoms with van der Waals surface area (Å²) in [6.07, 6.45) is 0. The highest BCUT2D eigenvalue weighted by molar-refractivity contribution is 14.1. The maximum atomic E-state index is 14.1. The van der Waals surface area contributed by atoms with Crippen LogP contribution in [-0.2, 0) is 14.1 Å². The lowest BCUT2D eigenvalue weighted by molar-refractivity contribution is 0.466. The van der Waals surface area contributed by atoms with Crippen molar-refractivity contribution in [1.29, 1.82) is 0 Å². The van der Waals surface area contributed by atoms with Gasteiger partial charge < -0.3 is 5.11 Å². The predicted octanol–water partition coefficient (Wildman–Crippen LogP) is 4.77. The van der Waals surface area contributed by atoms with Gasteiger partial charge in [0, 0.05) is 34.6 Å². The van der Waals surface area contributed by atoms with Crippen LogP contribution in [0.15, 0.2) is 88.5 Å². The molecule has 0 bridgehead atoms. The number of hydrogen-bond donors (Lipinski definition) is 1. The van der Waals surface area contributed by atoms with Crippen LogP contribution >= 0.6 is 22.6 Å². The minimum Gasteiger partial charge on any atom is -0.508 e. The summed E-state index contributed by atoms with van der Waals surface area (Å²) in [4.78, 5) is 28.2. The van der Waals surface area contributed by atoms with Gasteiger partial charge in [0.15, 0.2) is 0 Å². The number of halogens is 1. The number of benzene rings is 3. The normalized spacial score (nSPS) is 11.4. The molecule has 0 fully saturated rings. The molecule has 37 heavy (non-hydrogen) atoms. The molecule has 188 valence electrons. The molecule has 5 aromatic rings. The molecule has 0 saturated carbocycles. The monoisotopic (exact) mass is 606 g/mol. The van der Waals surface area contributed by atoms with Gasteiger partial charge in [-0.05, 0) is 78.9 Å². The second-order valence-electron chi connectivity index (χ2n) is 9.09. The first-order valence-electron chi connectivity index (χ1n) is 11.9. The minimum atomic E-state index is -0.776. The van der Waals surface area contributed by atoms with E-state index in [1.54, 1.807) is 30.9 Å². The fourth-order valence-electron chi connectivity index (χ4n) is 5.05. The van der Waals surface area contributed by atoms with E-state index in [9.17, 15) is 14.7 Å². The van der Waals surface area contributed by atoms with E-state index in [-0.39, 0.29) is 16.9 Å². The van der Waals surface area contributed by atoms with E-state index >= 15 is 0 Å². The Hall–Kier alpha value is -3.79. The highest BCUT2D eigenvalue weighted by atomic mass is 127. The number of aromatic hydroxyl groups is 1. The second-order valence-corrected chi connectivity index (χ2v) is 10.3. The predicted molar refractivity (Wildman–Crippen MR) is 153 cm³/mol. The van der Waals surface area contributed by atoms with E-state index in [2.05, 4.69) is 22.6 Å². The zero-order chi connectivity index (χ0) is 26.4. The van der Waals surface area contributed by atoms with Crippen molar-refractivity contribution >= 4 is 22.6 Å². The lowest BCUT2D eigenvalue weighted by atomic mass is 9.84. The average Bonchev–Trinajstić information content (AvgIpc) is 3.25. The Morgan fingerprint density at radius 3 is 1.57 bits per heavy atom. The highest BCUT2D eigenvalue weighted by Gasteiger charge is 2.34. The quantitative estimate of drug-likeness (QED) is 0.293. The van der Waals surface area contributed by atoms with Gasteiger partial charge in [0.05, 0.1) is 28.4 Å². The smallest absolute Gasteiger partial charge is 0.275 e. The second kappa shape index (κ2) is 9.59. The number of rotatable bonds is 5. The van der Waals surface area contributed by atoms with Gasteiger partial charge in [0.1, 0.15) is 5.75 Å². The average molecular weight is 606 g/mol. The van der Waals surface area contributed by atoms with Gasteiger partial charge in [-0.3, -0.25) is 19.0 Å². The van der Waals surface area contributed by atoms with Crippen molar-refractivity contribution in [3.63, 3.8) is 0 Å². The van der Waals surface area contributed by atoms with Crippen LogP contribution in [0.2, 0.25) is 0 Å². The third kappa shape index (κ3) is 4.05. The largest absolute Gasteiger partial charge is 0.508 e. The Labute approximate surface area is 227 Å². The first-order valence-corrected chi connectivity index (χ1v) is 13.0. The number of phenols is 1. The van der Waals surface area contributed by atoms with Crippen molar-refractivity contribution in [1.82, 2.24) is 18.7 Å². The number of aromatic nitrogens is 4. The van der Waals surface area contributed by atoms with Crippen LogP contribution in [0.1, 0.15) is 34.0 Å². The van der Waals surface area contributed by atoms with E-state index in [1.165, 1.54) is 0 Å². The van der Waals surface area contributed by atoms with E-state index in [0.29, 0.717) is 28.1 Å². The lowest BCUT2D eigenvalue weighted by Crippen LogP contribution is -2.26. The topological polar surface area (TPSA) is 74.1 Å². The molecule has 1 N–H and O–H groups in total. The molecule has 0 unspecified atom stereocenters. The standard InChI is InChI=1S/C29H27IN4O3/c1-18-25(28(36)33(31(18)3)21-11-7-5-8-12-21)27(23-17-20(30)15-16-24(23)35)26-19(2)32(4)34(29(26)37)22-13-9-6-10-14-22/h5-17,27,35H,1-4H3. The molecule has 0 radical (unpaired) electrons. The summed E-state index contributed by atoms with van der Waals surface area (Å²) in [7, 11) is 3.66. The van der Waals surface area contributed by atoms with Gasteiger partial charge in [-0.25, -0.2) is 9.36 Å². The first-order chi connectivity index (χ1) is 17.7. The molecule has 0 spiro atoms. The summed E-state index contributed by atoms with van der Waals surface area (Å²) in [6.45, 7) is 3.75. The molecular formula is C29H27IN4O3. The zero-order valence-electron chi connectivity index (χ0n) is 21.0. The molecule has 8 heteroatoms. The molecule has 0 saturated heterocycles. The Morgan fingerprint density at radius 1 is 0.703 bits per heavy atom. The Morgan fingerprint density at radius 2 is 1.14 bits per heavy atom. The van der Waals surface area contributed by atoms with E-state index in [1.807, 2.05) is 94.7 Å². The molecule has 0 aliphatic rings. The summed E-state index contributed by atoms with van der Waals surface area (Å²) in [5.41, 5.74) is 3.83. The van der Waals surface area contributed by atoms with Crippen LogP contribution in [-0.4, -0.2) is 23.8 Å². The molecule has 2 aromatic heterocycles. The molecule has 7 nitrogen and oxygen atoms in total. The van der Waals surface area contributed by atoms with Crippen LogP contribution in [0, 0.1) is 17.4 Å². The summed E-state index contributed by atoms with van der Waals surface area (Å²) < 4.78 is 7.72. The molecule has 0 aliphatic heterocycles. The van der Waals surface area contributed by atoms with Crippen molar-refractivity contribution in [3.8, 4) is 17.1 Å². The van der Waals surface area contributed by atoms with E-state index in [4.69, 9.17) is 0 Å². The van der Waals surface area contributed by atoms with Crippen LogP contribution in [0.4, 0.5) is 0 Å². The SMILES string of the molecule is Cc1c(C(c2cc(I)ccc2O)c2c(C)n(C)n(-c3ccccc3)c2=O)c(=O)n(-c2ccccc2)n1C. The molecule has 5 rings (SSSR count). The van der Waals surface area contributed by atoms with E-state index < -0.39 is 5.92 Å². The molecule has 0 atom stereocenters. The fourth-order valence-corrected chi connectivity index (χ4v) is 5.57. The number of para-hydroxylation sites is 2. The highest BCUT2D eigenvalue weighted by Crippen LogP contribution is 2.38. The Kier molecular flexibility index (Phi) is 6.45. The minimum absolute atomic E-state index is 0.0354. The molecule has 2 heterocycles. The van der Waals surface area contributed by atoms with Gasteiger partial charge in [0.25, 0.3) is 11.1 Å². The molecule has 3 aromatic carbocycles. The third-order valence-corrected chi connectivity index (χ3v) is 7.75. The molecule has 0 aliphatic carbocycles. The first kappa shape index (κ1) is 24.9. The summed E-state index contributed by atoms with van der Waals surface area (Å²) in [5.74, 6) is -0.740. The maximum absolute atomic E-state index is 14.1. The summed E-state index contributed by atoms with van der Waals surface area (Å²) >= 11 is 2.18. The number of phenolic OH excluding ortho intramolecular Hbond substituents is 1. The lowest BCUT2D eigenvalue weighted by Gasteiger charge is -2.18. The maximum Gasteiger partial charge on any atom is 0.275 e. The van der Waals surface area contributed by atoms with Crippen molar-refractivity contribution in [2.75, 3.05) is 0 Å². The third-order valence-electron chi connectivity index (χ3n) is 7.08.